The summed E-state index contributed by atoms with van der Waals surface area (Å²) in [7, 11) is 0. The second kappa shape index (κ2) is 7.65. The zero-order chi connectivity index (χ0) is 20.5. The van der Waals surface area contributed by atoms with Crippen LogP contribution in [-0.2, 0) is 9.53 Å². The number of aryl methyl sites for hydroxylation is 1. The van der Waals surface area contributed by atoms with E-state index >= 15 is 0 Å². The van der Waals surface area contributed by atoms with Crippen molar-refractivity contribution in [1.82, 2.24) is 4.98 Å². The van der Waals surface area contributed by atoms with E-state index in [0.29, 0.717) is 22.9 Å². The highest BCUT2D eigenvalue weighted by molar-refractivity contribution is 6.02. The van der Waals surface area contributed by atoms with Gasteiger partial charge in [-0.3, -0.25) is 9.59 Å². The minimum atomic E-state index is -1.73. The van der Waals surface area contributed by atoms with Crippen LogP contribution in [0.25, 0.3) is 0 Å². The summed E-state index contributed by atoms with van der Waals surface area (Å²) >= 11 is 0. The van der Waals surface area contributed by atoms with E-state index in [9.17, 15) is 27.6 Å². The van der Waals surface area contributed by atoms with Crippen molar-refractivity contribution >= 4 is 23.3 Å². The normalized spacial score (nSPS) is 11.8. The predicted molar refractivity (Wildman–Crippen MR) is 90.1 cm³/mol. The van der Waals surface area contributed by atoms with Crippen LogP contribution in [-0.4, -0.2) is 28.7 Å². The van der Waals surface area contributed by atoms with Crippen molar-refractivity contribution in [3.05, 3.63) is 52.1 Å². The van der Waals surface area contributed by atoms with Crippen LogP contribution in [0.4, 0.5) is 18.9 Å². The molecule has 1 aromatic heterocycles. The maximum Gasteiger partial charge on any atom is 0.355 e. The third-order valence-corrected chi connectivity index (χ3v) is 3.94. The van der Waals surface area contributed by atoms with E-state index in [1.807, 2.05) is 5.32 Å². The van der Waals surface area contributed by atoms with Gasteiger partial charge in [0.05, 0.1) is 5.69 Å². The number of ketones is 1. The number of halogens is 3. The van der Waals surface area contributed by atoms with Gasteiger partial charge >= 0.3 is 5.97 Å². The topological polar surface area (TPSA) is 88.3 Å². The quantitative estimate of drug-likeness (QED) is 0.471. The van der Waals surface area contributed by atoms with Gasteiger partial charge < -0.3 is 15.0 Å². The number of rotatable bonds is 5. The molecule has 9 heteroatoms. The Morgan fingerprint density at radius 1 is 1.11 bits per heavy atom. The largest absolute Gasteiger partial charge is 0.448 e. The standard InChI is InChI=1S/C18H17F3N2O4/c1-7-13(9(3)24)8(2)22-16(7)18(26)27-10(4)17(25)23-12-6-5-11(19)14(20)15(12)21/h5-6,10,22H,1-4H3,(H,23,25). The van der Waals surface area contributed by atoms with Crippen LogP contribution in [0.15, 0.2) is 12.1 Å². The van der Waals surface area contributed by atoms with Crippen molar-refractivity contribution in [2.45, 2.75) is 33.8 Å². The molecule has 0 saturated carbocycles. The fourth-order valence-corrected chi connectivity index (χ4v) is 2.61. The Labute approximate surface area is 152 Å². The number of aromatic nitrogens is 1. The molecule has 27 heavy (non-hydrogen) atoms. The molecule has 1 amide bonds. The molecule has 144 valence electrons. The van der Waals surface area contributed by atoms with E-state index in [1.165, 1.54) is 13.8 Å². The monoisotopic (exact) mass is 382 g/mol. The molecule has 1 heterocycles. The number of ether oxygens (including phenoxy) is 1. The van der Waals surface area contributed by atoms with Gasteiger partial charge in [-0.15, -0.1) is 0 Å². The molecule has 0 radical (unpaired) electrons. The SMILES string of the molecule is CC(=O)c1c(C)[nH]c(C(=O)OC(C)C(=O)Nc2ccc(F)c(F)c2F)c1C. The third kappa shape index (κ3) is 4.02. The molecule has 0 fully saturated rings. The van der Waals surface area contributed by atoms with Gasteiger partial charge in [-0.2, -0.15) is 0 Å². The summed E-state index contributed by atoms with van der Waals surface area (Å²) in [6, 6.07) is 1.50. The van der Waals surface area contributed by atoms with E-state index in [0.717, 1.165) is 6.07 Å². The molecule has 0 saturated heterocycles. The van der Waals surface area contributed by atoms with Crippen molar-refractivity contribution in [3.63, 3.8) is 0 Å². The fraction of sp³-hybridized carbons (Fsp3) is 0.278. The smallest absolute Gasteiger partial charge is 0.355 e. The van der Waals surface area contributed by atoms with Crippen LogP contribution < -0.4 is 5.32 Å². The first-order chi connectivity index (χ1) is 12.5. The van der Waals surface area contributed by atoms with Gasteiger partial charge in [-0.25, -0.2) is 18.0 Å². The number of anilines is 1. The van der Waals surface area contributed by atoms with Crippen LogP contribution >= 0.6 is 0 Å². The lowest BCUT2D eigenvalue weighted by molar-refractivity contribution is -0.123. The molecular weight excluding hydrogens is 365 g/mol. The van der Waals surface area contributed by atoms with Gasteiger partial charge in [0.25, 0.3) is 5.91 Å². The highest BCUT2D eigenvalue weighted by atomic mass is 19.2. The molecule has 2 rings (SSSR count). The van der Waals surface area contributed by atoms with Crippen LogP contribution in [0.3, 0.4) is 0 Å². The highest BCUT2D eigenvalue weighted by Crippen LogP contribution is 2.21. The highest BCUT2D eigenvalue weighted by Gasteiger charge is 2.25. The van der Waals surface area contributed by atoms with Crippen LogP contribution in [0, 0.1) is 31.3 Å². The number of benzene rings is 1. The number of hydrogen-bond acceptors (Lipinski definition) is 4. The van der Waals surface area contributed by atoms with E-state index < -0.39 is 41.1 Å². The summed E-state index contributed by atoms with van der Waals surface area (Å²) in [5.74, 6) is -6.77. The van der Waals surface area contributed by atoms with Gasteiger partial charge in [0, 0.05) is 11.3 Å². The molecule has 1 aromatic carbocycles. The molecular formula is C18H17F3N2O4. The van der Waals surface area contributed by atoms with Gasteiger partial charge in [0.15, 0.2) is 29.3 Å². The van der Waals surface area contributed by atoms with Crippen molar-refractivity contribution in [2.75, 3.05) is 5.32 Å². The number of amides is 1. The Bertz CT molecular complexity index is 937. The van der Waals surface area contributed by atoms with Crippen molar-refractivity contribution in [2.24, 2.45) is 0 Å². The van der Waals surface area contributed by atoms with E-state index in [2.05, 4.69) is 4.98 Å². The number of nitrogens with one attached hydrogen (secondary N) is 2. The molecule has 1 atom stereocenters. The molecule has 1 unspecified atom stereocenters. The van der Waals surface area contributed by atoms with Gasteiger partial charge in [-0.05, 0) is 45.4 Å². The summed E-state index contributed by atoms with van der Waals surface area (Å²) in [5.41, 5.74) is 0.629. The second-order valence-electron chi connectivity index (χ2n) is 5.94. The minimum Gasteiger partial charge on any atom is -0.448 e. The Hall–Kier alpha value is -3.10. The lowest BCUT2D eigenvalue weighted by Gasteiger charge is -2.14. The molecule has 0 spiro atoms. The summed E-state index contributed by atoms with van der Waals surface area (Å²) < 4.78 is 44.8. The maximum atomic E-state index is 13.6. The Morgan fingerprint density at radius 2 is 1.74 bits per heavy atom. The first kappa shape index (κ1) is 20.2. The number of carbonyl (C=O) groups is 3. The first-order valence-corrected chi connectivity index (χ1v) is 7.90. The molecule has 2 N–H and O–H groups in total. The zero-order valence-corrected chi connectivity index (χ0v) is 15.0. The average molecular weight is 382 g/mol. The zero-order valence-electron chi connectivity index (χ0n) is 15.0. The van der Waals surface area contributed by atoms with Gasteiger partial charge in [0.1, 0.15) is 5.69 Å². The van der Waals surface area contributed by atoms with Crippen LogP contribution in [0.1, 0.15) is 46.0 Å². The van der Waals surface area contributed by atoms with Crippen LogP contribution in [0.2, 0.25) is 0 Å². The van der Waals surface area contributed by atoms with E-state index in [4.69, 9.17) is 4.74 Å². The molecule has 6 nitrogen and oxygen atoms in total. The minimum absolute atomic E-state index is 0.0105. The van der Waals surface area contributed by atoms with Crippen molar-refractivity contribution in [1.29, 1.82) is 0 Å². The van der Waals surface area contributed by atoms with Gasteiger partial charge in [-0.1, -0.05) is 0 Å². The summed E-state index contributed by atoms with van der Waals surface area (Å²) in [6.45, 7) is 5.74. The van der Waals surface area contributed by atoms with E-state index in [1.54, 1.807) is 13.8 Å². The maximum absolute atomic E-state index is 13.6. The summed E-state index contributed by atoms with van der Waals surface area (Å²) in [5, 5.41) is 2.02. The molecule has 0 aliphatic heterocycles. The first-order valence-electron chi connectivity index (χ1n) is 7.90. The fourth-order valence-electron chi connectivity index (χ4n) is 2.61. The van der Waals surface area contributed by atoms with Crippen molar-refractivity contribution in [3.8, 4) is 0 Å². The number of esters is 1. The summed E-state index contributed by atoms with van der Waals surface area (Å²) in [6.07, 6.45) is -1.37. The molecule has 0 aliphatic rings. The molecule has 2 aromatic rings. The Morgan fingerprint density at radius 3 is 2.30 bits per heavy atom. The number of Topliss-reactive ketones (excluding diaryl/α,β-unsaturated/α-hetero) is 1. The Kier molecular flexibility index (Phi) is 5.72. The van der Waals surface area contributed by atoms with E-state index in [-0.39, 0.29) is 11.5 Å². The summed E-state index contributed by atoms with van der Waals surface area (Å²) in [4.78, 5) is 38.7. The average Bonchev–Trinajstić information content (AvgIpc) is 2.89. The second-order valence-corrected chi connectivity index (χ2v) is 5.94. The van der Waals surface area contributed by atoms with Crippen molar-refractivity contribution < 1.29 is 32.3 Å². The molecule has 0 bridgehead atoms. The Balaban J connectivity index is 2.13. The van der Waals surface area contributed by atoms with Crippen LogP contribution in [0.5, 0.6) is 0 Å². The molecule has 0 aliphatic carbocycles. The predicted octanol–water partition coefficient (Wildman–Crippen LogP) is 3.44. The third-order valence-electron chi connectivity index (χ3n) is 3.94. The number of hydrogen-bond donors (Lipinski definition) is 2. The number of carbonyl (C=O) groups excluding carboxylic acids is 3. The lowest BCUT2D eigenvalue weighted by Crippen LogP contribution is -2.30. The lowest BCUT2D eigenvalue weighted by atomic mass is 10.1. The number of H-pyrrole nitrogens is 1. The number of aromatic amines is 1. The van der Waals surface area contributed by atoms with Gasteiger partial charge in [0.2, 0.25) is 0 Å².